The van der Waals surface area contributed by atoms with Gasteiger partial charge in [-0.3, -0.25) is 0 Å². The van der Waals surface area contributed by atoms with E-state index >= 15 is 0 Å². The predicted octanol–water partition coefficient (Wildman–Crippen LogP) is 25.4. The van der Waals surface area contributed by atoms with Gasteiger partial charge in [-0.15, -0.1) is 0 Å². The number of hydrogen-bond acceptors (Lipinski definition) is 5. The van der Waals surface area contributed by atoms with Crippen LogP contribution in [-0.2, 0) is 0 Å². The van der Waals surface area contributed by atoms with E-state index in [9.17, 15) is 0 Å². The Morgan fingerprint density at radius 1 is 0.237 bits per heavy atom. The molecule has 0 atom stereocenters. The van der Waals surface area contributed by atoms with E-state index in [0.29, 0.717) is 0 Å². The SMILES string of the molecule is C(=Cc1ccc(N(c2ccc(-c3cc4ccccc4o3)cc2)c2ccc3c4c5ccc6c(c5ccc4n(-c4ccccc4)c3c2)c2ccc(N(c3ccc(-c4cc5ccccc5o4)cc3)c3ccc(-c4cc5ccccc5o4)cc3)cc2n6-c2ccccc2)cc1)c1ccccc1. The highest BCUT2D eigenvalue weighted by Crippen LogP contribution is 2.47. The van der Waals surface area contributed by atoms with Gasteiger partial charge in [0.25, 0.3) is 0 Å². The Balaban J connectivity index is 0.772. The molecule has 19 rings (SSSR count). The lowest BCUT2D eigenvalue weighted by atomic mass is 9.99. The Labute approximate surface area is 558 Å². The third-order valence-corrected chi connectivity index (χ3v) is 19.1. The van der Waals surface area contributed by atoms with Crippen molar-refractivity contribution in [3.05, 3.63) is 351 Å². The van der Waals surface area contributed by atoms with Gasteiger partial charge >= 0.3 is 0 Å². The van der Waals surface area contributed by atoms with Crippen molar-refractivity contribution in [3.63, 3.8) is 0 Å². The maximum Gasteiger partial charge on any atom is 0.135 e. The second-order valence-corrected chi connectivity index (χ2v) is 24.9. The van der Waals surface area contributed by atoms with E-state index in [2.05, 4.69) is 310 Å². The van der Waals surface area contributed by atoms with Crippen LogP contribution in [0.5, 0.6) is 0 Å². The molecule has 0 saturated carbocycles. The minimum absolute atomic E-state index is 0.831. The van der Waals surface area contributed by atoms with Crippen molar-refractivity contribution < 1.29 is 13.3 Å². The van der Waals surface area contributed by atoms with Crippen molar-refractivity contribution in [1.82, 2.24) is 9.13 Å². The van der Waals surface area contributed by atoms with E-state index in [1.807, 2.05) is 60.7 Å². The second kappa shape index (κ2) is 22.9. The molecule has 0 aliphatic rings. The Morgan fingerprint density at radius 2 is 0.546 bits per heavy atom. The van der Waals surface area contributed by atoms with Gasteiger partial charge in [0, 0.05) is 99.9 Å². The molecule has 0 bridgehead atoms. The zero-order chi connectivity index (χ0) is 63.9. The number of rotatable bonds is 13. The van der Waals surface area contributed by atoms with Gasteiger partial charge in [0.1, 0.15) is 34.0 Å². The first-order valence-electron chi connectivity index (χ1n) is 32.8. The molecule has 19 aromatic rings. The van der Waals surface area contributed by atoms with Gasteiger partial charge in [-0.1, -0.05) is 170 Å². The molecular weight excluding hydrogens is 1190 g/mol. The highest BCUT2D eigenvalue weighted by atomic mass is 16.3. The van der Waals surface area contributed by atoms with Crippen LogP contribution in [0.1, 0.15) is 11.1 Å². The summed E-state index contributed by atoms with van der Waals surface area (Å²) in [5.41, 5.74) is 20.7. The van der Waals surface area contributed by atoms with Gasteiger partial charge in [0.2, 0.25) is 0 Å². The summed E-state index contributed by atoms with van der Waals surface area (Å²) in [6.07, 6.45) is 4.34. The summed E-state index contributed by atoms with van der Waals surface area (Å²) < 4.78 is 24.0. The summed E-state index contributed by atoms with van der Waals surface area (Å²) in [4.78, 5) is 4.72. The Morgan fingerprint density at radius 3 is 0.918 bits per heavy atom. The Bertz CT molecular complexity index is 6000. The quantitative estimate of drug-likeness (QED) is 0.108. The molecule has 0 saturated heterocycles. The monoisotopic (exact) mass is 1240 g/mol. The number of fused-ring (bicyclic) bond motifs is 12. The first-order valence-corrected chi connectivity index (χ1v) is 32.8. The molecular formula is C90H58N4O3. The Hall–Kier alpha value is -13.1. The lowest BCUT2D eigenvalue weighted by Crippen LogP contribution is -2.10. The molecule has 5 heterocycles. The molecule has 5 aromatic heterocycles. The summed E-state index contributed by atoms with van der Waals surface area (Å²) in [5.74, 6) is 2.50. The van der Waals surface area contributed by atoms with Crippen LogP contribution in [0.3, 0.4) is 0 Å². The van der Waals surface area contributed by atoms with E-state index in [-0.39, 0.29) is 0 Å². The van der Waals surface area contributed by atoms with Crippen molar-refractivity contribution in [1.29, 1.82) is 0 Å². The fourth-order valence-electron chi connectivity index (χ4n) is 14.5. The Kier molecular flexibility index (Phi) is 13.1. The van der Waals surface area contributed by atoms with Gasteiger partial charge in [-0.05, 0) is 204 Å². The van der Waals surface area contributed by atoms with Crippen molar-refractivity contribution in [2.45, 2.75) is 0 Å². The van der Waals surface area contributed by atoms with E-state index < -0.39 is 0 Å². The number of nitrogens with zero attached hydrogens (tertiary/aromatic N) is 4. The topological polar surface area (TPSA) is 55.8 Å². The standard InChI is InChI=1S/C90H58N4O3/c1-4-16-59(17-5-1)28-29-60-30-38-69(39-31-60)91(70-40-32-61(33-41-70)86-54-64-18-10-13-25-83(64)95-86)73-46-48-77-81(57-73)93(67-21-6-2-7-22-67)79-52-50-76-75(89(77)79)51-53-80-90(76)78-49-47-74(58-82(78)94(80)68-23-8-3-9-24-68)92(71-42-34-62(35-43-71)87-55-65-19-11-14-26-84(65)96-87)72-44-36-63(37-45-72)88-56-66-20-12-15-27-85(66)97-88/h1-58H. The average molecular weight is 1240 g/mol. The largest absolute Gasteiger partial charge is 0.456 e. The van der Waals surface area contributed by atoms with Crippen LogP contribution in [0.15, 0.2) is 353 Å². The van der Waals surface area contributed by atoms with Crippen LogP contribution < -0.4 is 9.80 Å². The molecule has 0 amide bonds. The third-order valence-electron chi connectivity index (χ3n) is 19.1. The normalized spacial score (nSPS) is 11.9. The summed E-state index contributed by atoms with van der Waals surface area (Å²) in [7, 11) is 0. The lowest BCUT2D eigenvalue weighted by Gasteiger charge is -2.26. The summed E-state index contributed by atoms with van der Waals surface area (Å²) in [6, 6.07) is 121. The molecule has 0 radical (unpaired) electrons. The first-order chi connectivity index (χ1) is 48.0. The summed E-state index contributed by atoms with van der Waals surface area (Å²) in [5, 5.41) is 10.3. The third kappa shape index (κ3) is 9.67. The van der Waals surface area contributed by atoms with Gasteiger partial charge in [-0.25, -0.2) is 0 Å². The second-order valence-electron chi connectivity index (χ2n) is 24.9. The maximum absolute atomic E-state index is 6.38. The highest BCUT2D eigenvalue weighted by Gasteiger charge is 2.24. The maximum atomic E-state index is 6.38. The van der Waals surface area contributed by atoms with E-state index in [0.717, 1.165) is 156 Å². The number of aromatic nitrogens is 2. The van der Waals surface area contributed by atoms with E-state index in [1.54, 1.807) is 0 Å². The van der Waals surface area contributed by atoms with Crippen molar-refractivity contribution in [2.75, 3.05) is 9.80 Å². The van der Waals surface area contributed by atoms with Crippen LogP contribution >= 0.6 is 0 Å². The smallest absolute Gasteiger partial charge is 0.135 e. The van der Waals surface area contributed by atoms with Gasteiger partial charge in [0.05, 0.1) is 22.1 Å². The molecule has 0 N–H and O–H groups in total. The molecule has 14 aromatic carbocycles. The molecule has 0 aliphatic carbocycles. The van der Waals surface area contributed by atoms with Gasteiger partial charge in [-0.2, -0.15) is 0 Å². The fourth-order valence-corrected chi connectivity index (χ4v) is 14.5. The van der Waals surface area contributed by atoms with Crippen molar-refractivity contribution in [3.8, 4) is 45.3 Å². The minimum atomic E-state index is 0.831. The lowest BCUT2D eigenvalue weighted by molar-refractivity contribution is 0.631. The van der Waals surface area contributed by atoms with Crippen molar-refractivity contribution >= 4 is 134 Å². The first kappa shape index (κ1) is 55.5. The van der Waals surface area contributed by atoms with Crippen LogP contribution in [0.25, 0.3) is 145 Å². The molecule has 7 nitrogen and oxygen atoms in total. The number of hydrogen-bond donors (Lipinski definition) is 0. The van der Waals surface area contributed by atoms with Crippen LogP contribution in [-0.4, -0.2) is 9.13 Å². The zero-order valence-corrected chi connectivity index (χ0v) is 52.5. The van der Waals surface area contributed by atoms with Gasteiger partial charge in [0.15, 0.2) is 0 Å². The molecule has 0 aliphatic heterocycles. The zero-order valence-electron chi connectivity index (χ0n) is 52.5. The van der Waals surface area contributed by atoms with E-state index in [1.165, 1.54) is 21.5 Å². The molecule has 456 valence electrons. The van der Waals surface area contributed by atoms with E-state index in [4.69, 9.17) is 13.3 Å². The molecule has 97 heavy (non-hydrogen) atoms. The van der Waals surface area contributed by atoms with Crippen LogP contribution in [0.2, 0.25) is 0 Å². The fraction of sp³-hybridized carbons (Fsp3) is 0. The molecule has 0 unspecified atom stereocenters. The molecule has 0 spiro atoms. The molecule has 0 fully saturated rings. The summed E-state index contributed by atoms with van der Waals surface area (Å²) >= 11 is 0. The highest BCUT2D eigenvalue weighted by molar-refractivity contribution is 6.30. The van der Waals surface area contributed by atoms with Crippen LogP contribution in [0, 0.1) is 0 Å². The van der Waals surface area contributed by atoms with Gasteiger partial charge < -0.3 is 32.2 Å². The molecule has 7 heteroatoms. The van der Waals surface area contributed by atoms with Crippen LogP contribution in [0.4, 0.5) is 34.1 Å². The number of furan rings is 3. The van der Waals surface area contributed by atoms with Crippen molar-refractivity contribution in [2.24, 2.45) is 0 Å². The number of para-hydroxylation sites is 5. The predicted molar refractivity (Wildman–Crippen MR) is 403 cm³/mol. The number of anilines is 6. The average Bonchev–Trinajstić information content (AvgIpc) is 1.57. The number of benzene rings is 14. The summed E-state index contributed by atoms with van der Waals surface area (Å²) in [6.45, 7) is 0. The minimum Gasteiger partial charge on any atom is -0.456 e.